The van der Waals surface area contributed by atoms with E-state index in [1.807, 2.05) is 43.3 Å². The molecule has 2 aromatic rings. The van der Waals surface area contributed by atoms with Crippen molar-refractivity contribution in [2.24, 2.45) is 0 Å². The number of nitrogens with one attached hydrogen (secondary N) is 1. The summed E-state index contributed by atoms with van der Waals surface area (Å²) in [5.74, 6) is -0.276. The van der Waals surface area contributed by atoms with Gasteiger partial charge in [-0.05, 0) is 63.3 Å². The zero-order valence-corrected chi connectivity index (χ0v) is 18.3. The number of benzene rings is 2. The summed E-state index contributed by atoms with van der Waals surface area (Å²) in [6.07, 6.45) is 1.21. The number of hydrogen-bond acceptors (Lipinski definition) is 4. The van der Waals surface area contributed by atoms with Gasteiger partial charge in [-0.2, -0.15) is 0 Å². The molecule has 1 aliphatic heterocycles. The summed E-state index contributed by atoms with van der Waals surface area (Å²) in [5, 5.41) is 2.87. The predicted octanol–water partition coefficient (Wildman–Crippen LogP) is 3.78. The van der Waals surface area contributed by atoms with Gasteiger partial charge in [0.2, 0.25) is 0 Å². The quantitative estimate of drug-likeness (QED) is 0.684. The van der Waals surface area contributed by atoms with Crippen molar-refractivity contribution >= 4 is 39.1 Å². The maximum Gasteiger partial charge on any atom is 0.258 e. The summed E-state index contributed by atoms with van der Waals surface area (Å²) in [6.45, 7) is 1.90. The summed E-state index contributed by atoms with van der Waals surface area (Å²) < 4.78 is 6.34. The minimum Gasteiger partial charge on any atom is -0.368 e. The van der Waals surface area contributed by atoms with Crippen LogP contribution in [0.5, 0.6) is 0 Å². The molecule has 1 atom stereocenters. The van der Waals surface area contributed by atoms with E-state index in [1.54, 1.807) is 29.2 Å². The fourth-order valence-corrected chi connectivity index (χ4v) is 3.57. The van der Waals surface area contributed by atoms with E-state index in [0.717, 1.165) is 29.5 Å². The highest BCUT2D eigenvalue weighted by Crippen LogP contribution is 2.23. The van der Waals surface area contributed by atoms with Gasteiger partial charge in [-0.3, -0.25) is 9.59 Å². The summed E-state index contributed by atoms with van der Waals surface area (Å²) >= 11 is 3.48. The number of amides is 2. The van der Waals surface area contributed by atoms with Gasteiger partial charge in [-0.1, -0.05) is 28.1 Å². The normalized spacial score (nSPS) is 16.1. The van der Waals surface area contributed by atoms with Crippen molar-refractivity contribution < 1.29 is 14.3 Å². The molecule has 7 heteroatoms. The van der Waals surface area contributed by atoms with Crippen LogP contribution in [-0.4, -0.2) is 56.6 Å². The summed E-state index contributed by atoms with van der Waals surface area (Å²) in [5.41, 5.74) is 1.94. The van der Waals surface area contributed by atoms with E-state index >= 15 is 0 Å². The molecule has 3 rings (SSSR count). The zero-order chi connectivity index (χ0) is 20.8. The Morgan fingerprint density at radius 1 is 1.14 bits per heavy atom. The Kier molecular flexibility index (Phi) is 7.41. The third kappa shape index (κ3) is 5.88. The molecule has 0 aromatic heterocycles. The van der Waals surface area contributed by atoms with E-state index in [1.165, 1.54) is 0 Å². The van der Waals surface area contributed by atoms with E-state index in [0.29, 0.717) is 24.4 Å². The van der Waals surface area contributed by atoms with Gasteiger partial charge in [-0.15, -0.1) is 0 Å². The summed E-state index contributed by atoms with van der Waals surface area (Å²) in [7, 11) is 3.95. The lowest BCUT2D eigenvalue weighted by molar-refractivity contribution is -0.124. The van der Waals surface area contributed by atoms with Crippen LogP contribution in [0.15, 0.2) is 53.0 Å². The molecule has 0 saturated carbocycles. The third-order valence-electron chi connectivity index (χ3n) is 4.74. The van der Waals surface area contributed by atoms with E-state index in [-0.39, 0.29) is 11.8 Å². The fraction of sp³-hybridized carbons (Fsp3) is 0.364. The second kappa shape index (κ2) is 10.0. The lowest BCUT2D eigenvalue weighted by Crippen LogP contribution is -2.36. The molecule has 1 heterocycles. The molecule has 0 radical (unpaired) electrons. The number of likely N-dealkylation sites (N-methyl/N-ethyl adjacent to an activating group) is 1. The zero-order valence-electron chi connectivity index (χ0n) is 16.7. The largest absolute Gasteiger partial charge is 0.368 e. The minimum absolute atomic E-state index is 0.113. The SMILES string of the molecule is CN(C)CCN(C(=O)c1cccc(NC(=O)[C@H]2CCCO2)c1)c1cccc(Br)c1. The van der Waals surface area contributed by atoms with Crippen LogP contribution in [0, 0.1) is 0 Å². The lowest BCUT2D eigenvalue weighted by Gasteiger charge is -2.25. The highest BCUT2D eigenvalue weighted by molar-refractivity contribution is 9.10. The van der Waals surface area contributed by atoms with E-state index < -0.39 is 6.10 Å². The van der Waals surface area contributed by atoms with E-state index in [9.17, 15) is 9.59 Å². The maximum atomic E-state index is 13.3. The molecule has 29 heavy (non-hydrogen) atoms. The molecule has 0 aliphatic carbocycles. The highest BCUT2D eigenvalue weighted by Gasteiger charge is 2.24. The van der Waals surface area contributed by atoms with Gasteiger partial charge in [0.25, 0.3) is 11.8 Å². The van der Waals surface area contributed by atoms with Gasteiger partial charge in [0.15, 0.2) is 0 Å². The average Bonchev–Trinajstić information content (AvgIpc) is 3.23. The molecule has 1 fully saturated rings. The molecule has 2 aromatic carbocycles. The average molecular weight is 460 g/mol. The van der Waals surface area contributed by atoms with Gasteiger partial charge in [-0.25, -0.2) is 0 Å². The third-order valence-corrected chi connectivity index (χ3v) is 5.23. The number of carbonyl (C=O) groups is 2. The van der Waals surface area contributed by atoms with Crippen molar-refractivity contribution in [2.45, 2.75) is 18.9 Å². The van der Waals surface area contributed by atoms with Crippen molar-refractivity contribution in [3.63, 3.8) is 0 Å². The van der Waals surface area contributed by atoms with Crippen LogP contribution in [0.1, 0.15) is 23.2 Å². The summed E-state index contributed by atoms with van der Waals surface area (Å²) in [4.78, 5) is 29.4. The maximum absolute atomic E-state index is 13.3. The highest BCUT2D eigenvalue weighted by atomic mass is 79.9. The lowest BCUT2D eigenvalue weighted by atomic mass is 10.1. The molecule has 0 unspecified atom stereocenters. The summed E-state index contributed by atoms with van der Waals surface area (Å²) in [6, 6.07) is 14.7. The molecular weight excluding hydrogens is 434 g/mol. The Morgan fingerprint density at radius 3 is 2.62 bits per heavy atom. The van der Waals surface area contributed by atoms with Gasteiger partial charge in [0.05, 0.1) is 0 Å². The van der Waals surface area contributed by atoms with Gasteiger partial charge < -0.3 is 19.9 Å². The molecule has 1 saturated heterocycles. The first-order chi connectivity index (χ1) is 13.9. The number of carbonyl (C=O) groups excluding carboxylic acids is 2. The molecule has 6 nitrogen and oxygen atoms in total. The molecule has 154 valence electrons. The number of halogens is 1. The van der Waals surface area contributed by atoms with Crippen molar-refractivity contribution in [1.82, 2.24) is 4.90 Å². The Labute approximate surface area is 180 Å². The van der Waals surface area contributed by atoms with Crippen LogP contribution >= 0.6 is 15.9 Å². The first kappa shape index (κ1) is 21.5. The van der Waals surface area contributed by atoms with E-state index in [2.05, 4.69) is 21.2 Å². The van der Waals surface area contributed by atoms with Crippen molar-refractivity contribution in [1.29, 1.82) is 0 Å². The Morgan fingerprint density at radius 2 is 1.93 bits per heavy atom. The van der Waals surface area contributed by atoms with Crippen molar-refractivity contribution in [3.8, 4) is 0 Å². The van der Waals surface area contributed by atoms with Crippen molar-refractivity contribution in [3.05, 3.63) is 58.6 Å². The molecule has 0 spiro atoms. The van der Waals surface area contributed by atoms with Gasteiger partial charge in [0, 0.05) is 41.1 Å². The number of ether oxygens (including phenoxy) is 1. The first-order valence-corrected chi connectivity index (χ1v) is 10.5. The molecule has 1 N–H and O–H groups in total. The molecule has 0 bridgehead atoms. The predicted molar refractivity (Wildman–Crippen MR) is 118 cm³/mol. The van der Waals surface area contributed by atoms with Crippen LogP contribution in [0.3, 0.4) is 0 Å². The second-order valence-electron chi connectivity index (χ2n) is 7.31. The van der Waals surface area contributed by atoms with Crippen LogP contribution in [-0.2, 0) is 9.53 Å². The monoisotopic (exact) mass is 459 g/mol. The Balaban J connectivity index is 1.80. The topological polar surface area (TPSA) is 61.9 Å². The van der Waals surface area contributed by atoms with Crippen LogP contribution in [0.2, 0.25) is 0 Å². The van der Waals surface area contributed by atoms with Crippen LogP contribution < -0.4 is 10.2 Å². The Bertz CT molecular complexity index is 866. The molecule has 2 amide bonds. The first-order valence-electron chi connectivity index (χ1n) is 9.69. The van der Waals surface area contributed by atoms with Gasteiger partial charge >= 0.3 is 0 Å². The van der Waals surface area contributed by atoms with Crippen LogP contribution in [0.25, 0.3) is 0 Å². The smallest absolute Gasteiger partial charge is 0.258 e. The molecule has 1 aliphatic rings. The minimum atomic E-state index is -0.410. The second-order valence-corrected chi connectivity index (χ2v) is 8.23. The molecular formula is C22H26BrN3O3. The standard InChI is InChI=1S/C22H26BrN3O3/c1-25(2)11-12-26(19-9-4-7-17(23)15-19)22(28)16-6-3-8-18(14-16)24-21(27)20-10-5-13-29-20/h3-4,6-9,14-15,20H,5,10-13H2,1-2H3,(H,24,27)/t20-/m1/s1. The van der Waals surface area contributed by atoms with E-state index in [4.69, 9.17) is 4.74 Å². The Hall–Kier alpha value is -2.22. The number of hydrogen-bond donors (Lipinski definition) is 1. The van der Waals surface area contributed by atoms with Gasteiger partial charge in [0.1, 0.15) is 6.10 Å². The van der Waals surface area contributed by atoms with Crippen LogP contribution in [0.4, 0.5) is 11.4 Å². The number of nitrogens with zero attached hydrogens (tertiary/aromatic N) is 2. The number of rotatable bonds is 7. The van der Waals surface area contributed by atoms with Crippen molar-refractivity contribution in [2.75, 3.05) is 44.0 Å². The number of anilines is 2. The fourth-order valence-electron chi connectivity index (χ4n) is 3.18.